The standard InChI is InChI=1S/C21H34N4O/c1-16-11-17(2)14-25(13-16)21(22-3)23-12-18-9-10-24(15-18)19-7-5-6-8-20(19)26-4/h5-8,16-18H,9-15H2,1-4H3,(H,22,23). The van der Waals surface area contributed by atoms with Crippen molar-refractivity contribution in [3.05, 3.63) is 24.3 Å². The fourth-order valence-corrected chi connectivity index (χ4v) is 4.51. The van der Waals surface area contributed by atoms with Gasteiger partial charge in [0.1, 0.15) is 5.75 Å². The molecule has 0 radical (unpaired) electrons. The molecule has 3 rings (SSSR count). The third kappa shape index (κ3) is 4.43. The largest absolute Gasteiger partial charge is 0.495 e. The van der Waals surface area contributed by atoms with Crippen LogP contribution in [0.5, 0.6) is 5.75 Å². The molecule has 5 heteroatoms. The molecule has 1 aromatic rings. The Bertz CT molecular complexity index is 608. The van der Waals surface area contributed by atoms with Gasteiger partial charge in [0.05, 0.1) is 12.8 Å². The first-order valence-corrected chi connectivity index (χ1v) is 9.94. The Morgan fingerprint density at radius 3 is 2.62 bits per heavy atom. The van der Waals surface area contributed by atoms with E-state index >= 15 is 0 Å². The summed E-state index contributed by atoms with van der Waals surface area (Å²) >= 11 is 0. The topological polar surface area (TPSA) is 40.1 Å². The number of rotatable bonds is 4. The van der Waals surface area contributed by atoms with E-state index in [4.69, 9.17) is 4.74 Å². The number of piperidine rings is 1. The predicted octanol–water partition coefficient (Wildman–Crippen LogP) is 3.07. The van der Waals surface area contributed by atoms with Crippen molar-refractivity contribution in [1.82, 2.24) is 10.2 Å². The van der Waals surface area contributed by atoms with E-state index in [1.54, 1.807) is 7.11 Å². The van der Waals surface area contributed by atoms with Crippen LogP contribution in [-0.2, 0) is 0 Å². The van der Waals surface area contributed by atoms with Gasteiger partial charge in [0.15, 0.2) is 5.96 Å². The molecule has 144 valence electrons. The molecule has 2 aliphatic heterocycles. The lowest BCUT2D eigenvalue weighted by molar-refractivity contribution is 0.208. The van der Waals surface area contributed by atoms with Gasteiger partial charge < -0.3 is 19.9 Å². The summed E-state index contributed by atoms with van der Waals surface area (Å²) in [6, 6.07) is 8.32. The number of para-hydroxylation sites is 2. The fourth-order valence-electron chi connectivity index (χ4n) is 4.51. The van der Waals surface area contributed by atoms with Crippen molar-refractivity contribution >= 4 is 11.6 Å². The number of benzene rings is 1. The fraction of sp³-hybridized carbons (Fsp3) is 0.667. The number of nitrogens with zero attached hydrogens (tertiary/aromatic N) is 3. The molecule has 3 unspecified atom stereocenters. The van der Waals surface area contributed by atoms with E-state index in [1.165, 1.54) is 18.5 Å². The number of hydrogen-bond acceptors (Lipinski definition) is 3. The van der Waals surface area contributed by atoms with Crippen LogP contribution in [0, 0.1) is 17.8 Å². The lowest BCUT2D eigenvalue weighted by atomic mass is 9.92. The number of methoxy groups -OCH3 is 1. The Hall–Kier alpha value is -1.91. The number of anilines is 1. The number of guanidine groups is 1. The highest BCUT2D eigenvalue weighted by molar-refractivity contribution is 5.80. The molecule has 1 aromatic carbocycles. The Balaban J connectivity index is 1.54. The van der Waals surface area contributed by atoms with Crippen LogP contribution in [0.25, 0.3) is 0 Å². The number of aliphatic imine (C=N–C) groups is 1. The van der Waals surface area contributed by atoms with Crippen LogP contribution in [0.4, 0.5) is 5.69 Å². The minimum atomic E-state index is 0.635. The van der Waals surface area contributed by atoms with Crippen molar-refractivity contribution in [2.75, 3.05) is 51.8 Å². The number of ether oxygens (including phenoxy) is 1. The maximum absolute atomic E-state index is 5.52. The summed E-state index contributed by atoms with van der Waals surface area (Å²) in [4.78, 5) is 9.42. The predicted molar refractivity (Wildman–Crippen MR) is 109 cm³/mol. The molecule has 2 aliphatic rings. The van der Waals surface area contributed by atoms with Gasteiger partial charge in [-0.1, -0.05) is 26.0 Å². The Morgan fingerprint density at radius 2 is 1.92 bits per heavy atom. The second kappa shape index (κ2) is 8.65. The van der Waals surface area contributed by atoms with Crippen molar-refractivity contribution in [3.63, 3.8) is 0 Å². The summed E-state index contributed by atoms with van der Waals surface area (Å²) in [7, 11) is 3.65. The van der Waals surface area contributed by atoms with E-state index in [2.05, 4.69) is 46.1 Å². The summed E-state index contributed by atoms with van der Waals surface area (Å²) in [5.41, 5.74) is 1.21. The van der Waals surface area contributed by atoms with E-state index in [0.29, 0.717) is 5.92 Å². The SMILES string of the molecule is CN=C(NCC1CCN(c2ccccc2OC)C1)N1CC(C)CC(C)C1. The van der Waals surface area contributed by atoms with Crippen molar-refractivity contribution in [3.8, 4) is 5.75 Å². The molecule has 2 heterocycles. The van der Waals surface area contributed by atoms with Gasteiger partial charge >= 0.3 is 0 Å². The lowest BCUT2D eigenvalue weighted by Crippen LogP contribution is -2.49. The van der Waals surface area contributed by atoms with Crippen LogP contribution in [0.15, 0.2) is 29.3 Å². The average Bonchev–Trinajstić information content (AvgIpc) is 3.10. The molecule has 0 saturated carbocycles. The highest BCUT2D eigenvalue weighted by Gasteiger charge is 2.27. The normalized spacial score (nSPS) is 26.9. The molecular weight excluding hydrogens is 324 g/mol. The Morgan fingerprint density at radius 1 is 1.19 bits per heavy atom. The van der Waals surface area contributed by atoms with Crippen LogP contribution in [-0.4, -0.2) is 57.7 Å². The van der Waals surface area contributed by atoms with Crippen LogP contribution in [0.3, 0.4) is 0 Å². The molecule has 2 saturated heterocycles. The van der Waals surface area contributed by atoms with Gasteiger partial charge in [-0.2, -0.15) is 0 Å². The van der Waals surface area contributed by atoms with Gasteiger partial charge in [0, 0.05) is 39.8 Å². The van der Waals surface area contributed by atoms with Crippen LogP contribution >= 0.6 is 0 Å². The zero-order valence-electron chi connectivity index (χ0n) is 16.7. The van der Waals surface area contributed by atoms with Gasteiger partial charge in [-0.3, -0.25) is 4.99 Å². The molecule has 1 N–H and O–H groups in total. The molecule has 0 spiro atoms. The summed E-state index contributed by atoms with van der Waals surface area (Å²) in [5.74, 6) is 4.15. The number of hydrogen-bond donors (Lipinski definition) is 1. The maximum atomic E-state index is 5.52. The van der Waals surface area contributed by atoms with E-state index in [9.17, 15) is 0 Å². The van der Waals surface area contributed by atoms with Gasteiger partial charge in [-0.25, -0.2) is 0 Å². The second-order valence-corrected chi connectivity index (χ2v) is 8.05. The molecule has 3 atom stereocenters. The summed E-state index contributed by atoms with van der Waals surface area (Å²) in [6.07, 6.45) is 2.53. The zero-order valence-corrected chi connectivity index (χ0v) is 16.7. The molecule has 26 heavy (non-hydrogen) atoms. The number of nitrogens with one attached hydrogen (secondary N) is 1. The average molecular weight is 359 g/mol. The van der Waals surface area contributed by atoms with E-state index in [-0.39, 0.29) is 0 Å². The quantitative estimate of drug-likeness (QED) is 0.663. The van der Waals surface area contributed by atoms with Crippen molar-refractivity contribution in [2.24, 2.45) is 22.7 Å². The molecule has 0 aliphatic carbocycles. The van der Waals surface area contributed by atoms with Gasteiger partial charge in [-0.05, 0) is 42.7 Å². The van der Waals surface area contributed by atoms with E-state index in [1.807, 2.05) is 19.2 Å². The van der Waals surface area contributed by atoms with Crippen molar-refractivity contribution < 1.29 is 4.74 Å². The smallest absolute Gasteiger partial charge is 0.193 e. The Kier molecular flexibility index (Phi) is 6.28. The summed E-state index contributed by atoms with van der Waals surface area (Å²) in [6.45, 7) is 10.1. The third-order valence-electron chi connectivity index (χ3n) is 5.64. The Labute approximate surface area is 158 Å². The third-order valence-corrected chi connectivity index (χ3v) is 5.64. The molecule has 0 aromatic heterocycles. The first-order valence-electron chi connectivity index (χ1n) is 9.94. The monoisotopic (exact) mass is 358 g/mol. The number of likely N-dealkylation sites (tertiary alicyclic amines) is 1. The van der Waals surface area contributed by atoms with Crippen LogP contribution < -0.4 is 15.0 Å². The van der Waals surface area contributed by atoms with E-state index in [0.717, 1.165) is 56.3 Å². The minimum Gasteiger partial charge on any atom is -0.495 e. The molecule has 5 nitrogen and oxygen atoms in total. The van der Waals surface area contributed by atoms with Crippen LogP contribution in [0.1, 0.15) is 26.7 Å². The van der Waals surface area contributed by atoms with Gasteiger partial charge in [0.2, 0.25) is 0 Å². The first-order chi connectivity index (χ1) is 12.6. The summed E-state index contributed by atoms with van der Waals surface area (Å²) < 4.78 is 5.52. The zero-order chi connectivity index (χ0) is 18.5. The minimum absolute atomic E-state index is 0.635. The van der Waals surface area contributed by atoms with E-state index < -0.39 is 0 Å². The van der Waals surface area contributed by atoms with Gasteiger partial charge in [0.25, 0.3) is 0 Å². The van der Waals surface area contributed by atoms with Crippen LogP contribution in [0.2, 0.25) is 0 Å². The first kappa shape index (κ1) is 18.9. The van der Waals surface area contributed by atoms with Gasteiger partial charge in [-0.15, -0.1) is 0 Å². The van der Waals surface area contributed by atoms with Crippen molar-refractivity contribution in [2.45, 2.75) is 26.7 Å². The summed E-state index contributed by atoms with van der Waals surface area (Å²) in [5, 5.41) is 3.64. The second-order valence-electron chi connectivity index (χ2n) is 8.05. The maximum Gasteiger partial charge on any atom is 0.193 e. The molecule has 0 amide bonds. The molecule has 0 bridgehead atoms. The van der Waals surface area contributed by atoms with Crippen molar-refractivity contribution in [1.29, 1.82) is 0 Å². The molecular formula is C21H34N4O. The molecule has 2 fully saturated rings. The lowest BCUT2D eigenvalue weighted by Gasteiger charge is -2.37. The highest BCUT2D eigenvalue weighted by Crippen LogP contribution is 2.31. The highest BCUT2D eigenvalue weighted by atomic mass is 16.5.